The second-order valence-corrected chi connectivity index (χ2v) is 11.0. The van der Waals surface area contributed by atoms with Gasteiger partial charge in [0, 0.05) is 43.0 Å². The average molecular weight is 546 g/mol. The molecule has 40 heavy (non-hydrogen) atoms. The zero-order valence-electron chi connectivity index (χ0n) is 21.8. The number of H-pyrrole nitrogens is 1. The summed E-state index contributed by atoms with van der Waals surface area (Å²) in [4.78, 5) is 28.1. The molecule has 3 aromatic heterocycles. The fourth-order valence-corrected chi connectivity index (χ4v) is 6.10. The van der Waals surface area contributed by atoms with E-state index in [2.05, 4.69) is 49.3 Å². The highest BCUT2D eigenvalue weighted by Gasteiger charge is 2.24. The molecule has 3 aromatic carbocycles. The van der Waals surface area contributed by atoms with Crippen molar-refractivity contribution < 1.29 is 0 Å². The molecule has 0 amide bonds. The molecule has 9 heteroatoms. The van der Waals surface area contributed by atoms with Gasteiger partial charge in [0.05, 0.1) is 21.4 Å². The van der Waals surface area contributed by atoms with Crippen molar-refractivity contribution in [2.24, 2.45) is 0 Å². The molecule has 1 fully saturated rings. The van der Waals surface area contributed by atoms with Gasteiger partial charge < -0.3 is 4.98 Å². The maximum absolute atomic E-state index is 12.6. The first-order chi connectivity index (χ1) is 19.7. The second kappa shape index (κ2) is 10.6. The Morgan fingerprint density at radius 2 is 1.60 bits per heavy atom. The van der Waals surface area contributed by atoms with Crippen molar-refractivity contribution in [2.45, 2.75) is 25.4 Å². The summed E-state index contributed by atoms with van der Waals surface area (Å²) in [5.41, 5.74) is 8.46. The molecule has 1 aliphatic rings. The van der Waals surface area contributed by atoms with Gasteiger partial charge in [-0.05, 0) is 30.5 Å². The standard InChI is InChI=1S/C31H27N7OS/c39-31-33-25-8-4-5-9-26(25)38(31)24-14-16-37(17-15-24)19-21-10-12-23(13-11-21)28-29(22-6-2-1-3-7-22)35-36-30(34-28)27-18-32-20-40-27/h1-13,18,20,24H,14-17,19H2,(H,33,39). The van der Waals surface area contributed by atoms with Gasteiger partial charge >= 0.3 is 5.69 Å². The Bertz CT molecular complexity index is 1800. The number of benzene rings is 3. The number of piperidine rings is 1. The first kappa shape index (κ1) is 24.6. The first-order valence-corrected chi connectivity index (χ1v) is 14.3. The maximum Gasteiger partial charge on any atom is 0.326 e. The van der Waals surface area contributed by atoms with Gasteiger partial charge in [-0.15, -0.1) is 21.5 Å². The van der Waals surface area contributed by atoms with Crippen molar-refractivity contribution in [1.29, 1.82) is 0 Å². The van der Waals surface area contributed by atoms with Crippen LogP contribution in [0.3, 0.4) is 0 Å². The van der Waals surface area contributed by atoms with Gasteiger partial charge in [-0.2, -0.15) is 0 Å². The third-order valence-corrected chi connectivity index (χ3v) is 8.34. The summed E-state index contributed by atoms with van der Waals surface area (Å²) in [6, 6.07) is 26.8. The van der Waals surface area contributed by atoms with Crippen LogP contribution < -0.4 is 5.69 Å². The lowest BCUT2D eigenvalue weighted by molar-refractivity contribution is 0.180. The lowest BCUT2D eigenvalue weighted by Crippen LogP contribution is -2.36. The summed E-state index contributed by atoms with van der Waals surface area (Å²) in [6.45, 7) is 2.77. The first-order valence-electron chi connectivity index (χ1n) is 13.4. The fourth-order valence-electron chi connectivity index (χ4n) is 5.55. The van der Waals surface area contributed by atoms with E-state index in [-0.39, 0.29) is 11.7 Å². The number of para-hydroxylation sites is 2. The molecule has 0 radical (unpaired) electrons. The molecule has 0 aliphatic carbocycles. The highest BCUT2D eigenvalue weighted by atomic mass is 32.1. The Morgan fingerprint density at radius 1 is 0.850 bits per heavy atom. The van der Waals surface area contributed by atoms with Crippen LogP contribution in [0.15, 0.2) is 95.4 Å². The van der Waals surface area contributed by atoms with Crippen LogP contribution >= 0.6 is 11.3 Å². The van der Waals surface area contributed by atoms with Gasteiger partial charge in [-0.25, -0.2) is 9.78 Å². The van der Waals surface area contributed by atoms with Crippen LogP contribution in [0.25, 0.3) is 44.2 Å². The predicted octanol–water partition coefficient (Wildman–Crippen LogP) is 5.81. The number of imidazole rings is 1. The number of aromatic amines is 1. The lowest BCUT2D eigenvalue weighted by Gasteiger charge is -2.32. The number of fused-ring (bicyclic) bond motifs is 1. The summed E-state index contributed by atoms with van der Waals surface area (Å²) in [7, 11) is 0. The van der Waals surface area contributed by atoms with E-state index in [0.29, 0.717) is 5.82 Å². The average Bonchev–Trinajstić information content (AvgIpc) is 3.66. The number of rotatable bonds is 6. The van der Waals surface area contributed by atoms with Crippen molar-refractivity contribution in [1.82, 2.24) is 34.6 Å². The SMILES string of the molecule is O=c1[nH]c2ccccc2n1C1CCN(Cc2ccc(-c3nc(-c4cncs4)nnc3-c3ccccc3)cc2)CC1. The van der Waals surface area contributed by atoms with Crippen LogP contribution in [0, 0.1) is 0 Å². The van der Waals surface area contributed by atoms with Crippen LogP contribution in [-0.2, 0) is 6.54 Å². The maximum atomic E-state index is 12.6. The minimum absolute atomic E-state index is 0.0113. The zero-order chi connectivity index (χ0) is 26.9. The fraction of sp³-hybridized carbons (Fsp3) is 0.194. The molecule has 8 nitrogen and oxygen atoms in total. The summed E-state index contributed by atoms with van der Waals surface area (Å²) >= 11 is 1.50. The van der Waals surface area contributed by atoms with E-state index in [4.69, 9.17) is 4.98 Å². The molecular formula is C31H27N7OS. The highest BCUT2D eigenvalue weighted by molar-refractivity contribution is 7.13. The summed E-state index contributed by atoms with van der Waals surface area (Å²) in [5.74, 6) is 0.582. The highest BCUT2D eigenvalue weighted by Crippen LogP contribution is 2.31. The largest absolute Gasteiger partial charge is 0.326 e. The number of nitrogens with one attached hydrogen (secondary N) is 1. The Morgan fingerprint density at radius 3 is 2.38 bits per heavy atom. The molecule has 6 aromatic rings. The third kappa shape index (κ3) is 4.74. The Hall–Kier alpha value is -4.47. The molecule has 0 unspecified atom stereocenters. The topological polar surface area (TPSA) is 92.6 Å². The zero-order valence-corrected chi connectivity index (χ0v) is 22.6. The van der Waals surface area contributed by atoms with Gasteiger partial charge in [-0.3, -0.25) is 14.5 Å². The predicted molar refractivity (Wildman–Crippen MR) is 158 cm³/mol. The van der Waals surface area contributed by atoms with E-state index in [9.17, 15) is 4.79 Å². The molecule has 0 bridgehead atoms. The van der Waals surface area contributed by atoms with Crippen molar-refractivity contribution in [3.8, 4) is 33.2 Å². The Balaban J connectivity index is 1.09. The van der Waals surface area contributed by atoms with E-state index in [1.807, 2.05) is 59.2 Å². The van der Waals surface area contributed by atoms with Crippen molar-refractivity contribution >= 4 is 22.4 Å². The van der Waals surface area contributed by atoms with Crippen molar-refractivity contribution in [2.75, 3.05) is 13.1 Å². The van der Waals surface area contributed by atoms with Crippen LogP contribution in [0.4, 0.5) is 0 Å². The molecule has 7 rings (SSSR count). The van der Waals surface area contributed by atoms with E-state index >= 15 is 0 Å². The molecule has 198 valence electrons. The minimum Gasteiger partial charge on any atom is -0.306 e. The van der Waals surface area contributed by atoms with E-state index in [0.717, 1.165) is 70.9 Å². The number of nitrogens with zero attached hydrogens (tertiary/aromatic N) is 6. The van der Waals surface area contributed by atoms with E-state index in [1.54, 1.807) is 11.7 Å². The van der Waals surface area contributed by atoms with Gasteiger partial charge in [0.25, 0.3) is 0 Å². The Labute approximate surface area is 235 Å². The number of likely N-dealkylation sites (tertiary alicyclic amines) is 1. The molecule has 0 spiro atoms. The quantitative estimate of drug-likeness (QED) is 0.284. The third-order valence-electron chi connectivity index (χ3n) is 7.57. The number of thiazole rings is 1. The molecular weight excluding hydrogens is 518 g/mol. The molecule has 1 aliphatic heterocycles. The van der Waals surface area contributed by atoms with Gasteiger partial charge in [0.1, 0.15) is 11.4 Å². The molecule has 1 N–H and O–H groups in total. The van der Waals surface area contributed by atoms with Crippen LogP contribution in [0.2, 0.25) is 0 Å². The molecule has 0 saturated carbocycles. The van der Waals surface area contributed by atoms with Crippen molar-refractivity contribution in [3.05, 3.63) is 107 Å². The second-order valence-electron chi connectivity index (χ2n) is 10.1. The van der Waals surface area contributed by atoms with Gasteiger partial charge in [0.2, 0.25) is 0 Å². The van der Waals surface area contributed by atoms with E-state index in [1.165, 1.54) is 16.9 Å². The summed E-state index contributed by atoms with van der Waals surface area (Å²) in [5, 5.41) is 8.99. The summed E-state index contributed by atoms with van der Waals surface area (Å²) in [6.07, 6.45) is 3.68. The van der Waals surface area contributed by atoms with Gasteiger partial charge in [0.15, 0.2) is 5.82 Å². The van der Waals surface area contributed by atoms with Gasteiger partial charge in [-0.1, -0.05) is 66.7 Å². The minimum atomic E-state index is -0.0113. The Kier molecular flexibility index (Phi) is 6.51. The summed E-state index contributed by atoms with van der Waals surface area (Å²) < 4.78 is 1.95. The van der Waals surface area contributed by atoms with Crippen LogP contribution in [0.1, 0.15) is 24.4 Å². The number of hydrogen-bond donors (Lipinski definition) is 1. The molecule has 1 saturated heterocycles. The monoisotopic (exact) mass is 545 g/mol. The number of hydrogen-bond acceptors (Lipinski definition) is 7. The van der Waals surface area contributed by atoms with Crippen LogP contribution in [0.5, 0.6) is 0 Å². The number of aromatic nitrogens is 6. The molecule has 4 heterocycles. The molecule has 0 atom stereocenters. The van der Waals surface area contributed by atoms with Crippen molar-refractivity contribution in [3.63, 3.8) is 0 Å². The smallest absolute Gasteiger partial charge is 0.306 e. The lowest BCUT2D eigenvalue weighted by atomic mass is 10.0. The van der Waals surface area contributed by atoms with Crippen LogP contribution in [-0.4, -0.2) is 47.7 Å². The normalized spacial score (nSPS) is 14.6. The van der Waals surface area contributed by atoms with E-state index < -0.39 is 0 Å².